The molecule has 0 N–H and O–H groups in total. The molecular weight excluding hydrogens is 268 g/mol. The number of rotatable bonds is 3. The number of anilines is 1. The summed E-state index contributed by atoms with van der Waals surface area (Å²) >= 11 is 6.11. The Morgan fingerprint density at radius 1 is 1.05 bits per heavy atom. The molecule has 0 radical (unpaired) electrons. The number of hydrogen-bond donors (Lipinski definition) is 0. The minimum atomic E-state index is 0.736. The van der Waals surface area contributed by atoms with E-state index >= 15 is 0 Å². The zero-order valence-electron chi connectivity index (χ0n) is 11.3. The molecule has 0 saturated carbocycles. The highest BCUT2D eigenvalue weighted by molar-refractivity contribution is 6.31. The van der Waals surface area contributed by atoms with Crippen LogP contribution in [-0.2, 0) is 6.54 Å². The van der Waals surface area contributed by atoms with Crippen LogP contribution < -0.4 is 4.90 Å². The smallest absolute Gasteiger partial charge is 0.0723 e. The van der Waals surface area contributed by atoms with Crippen LogP contribution >= 0.6 is 11.6 Å². The van der Waals surface area contributed by atoms with E-state index in [-0.39, 0.29) is 0 Å². The molecule has 3 aromatic rings. The first kappa shape index (κ1) is 12.9. The first-order valence-electron chi connectivity index (χ1n) is 6.53. The normalized spacial score (nSPS) is 10.7. The van der Waals surface area contributed by atoms with E-state index in [9.17, 15) is 0 Å². The summed E-state index contributed by atoms with van der Waals surface area (Å²) in [7, 11) is 2.09. The van der Waals surface area contributed by atoms with Crippen molar-refractivity contribution in [3.05, 3.63) is 71.4 Å². The van der Waals surface area contributed by atoms with E-state index in [0.717, 1.165) is 28.2 Å². The lowest BCUT2D eigenvalue weighted by molar-refractivity contribution is 0.927. The van der Waals surface area contributed by atoms with E-state index in [0.29, 0.717) is 0 Å². The second kappa shape index (κ2) is 5.51. The number of benzene rings is 2. The quantitative estimate of drug-likeness (QED) is 0.702. The van der Waals surface area contributed by atoms with Gasteiger partial charge < -0.3 is 4.90 Å². The maximum atomic E-state index is 6.11. The van der Waals surface area contributed by atoms with Gasteiger partial charge >= 0.3 is 0 Å². The number of fused-ring (bicyclic) bond motifs is 1. The molecule has 2 aromatic carbocycles. The van der Waals surface area contributed by atoms with Crippen LogP contribution in [0.1, 0.15) is 5.56 Å². The summed E-state index contributed by atoms with van der Waals surface area (Å²) in [5.74, 6) is 0. The van der Waals surface area contributed by atoms with Gasteiger partial charge in [-0.05, 0) is 29.8 Å². The third-order valence-electron chi connectivity index (χ3n) is 3.35. The fourth-order valence-electron chi connectivity index (χ4n) is 2.38. The standard InChI is InChI=1S/C17H15ClN2/c1-20(12-13-5-3-2-4-6-13)17-9-10-19-16-8-7-14(18)11-15(16)17/h2-11H,12H2,1H3. The first-order valence-corrected chi connectivity index (χ1v) is 6.91. The van der Waals surface area contributed by atoms with E-state index in [1.807, 2.05) is 36.5 Å². The number of pyridine rings is 1. The van der Waals surface area contributed by atoms with Crippen molar-refractivity contribution in [3.63, 3.8) is 0 Å². The Labute approximate surface area is 123 Å². The highest BCUT2D eigenvalue weighted by Crippen LogP contribution is 2.27. The third kappa shape index (κ3) is 2.61. The largest absolute Gasteiger partial charge is 0.370 e. The maximum Gasteiger partial charge on any atom is 0.0723 e. The molecule has 0 spiro atoms. The molecule has 0 aliphatic rings. The van der Waals surface area contributed by atoms with Crippen molar-refractivity contribution in [2.45, 2.75) is 6.54 Å². The van der Waals surface area contributed by atoms with E-state index in [1.54, 1.807) is 0 Å². The average Bonchev–Trinajstić information content (AvgIpc) is 2.47. The minimum absolute atomic E-state index is 0.736. The molecule has 0 fully saturated rings. The highest BCUT2D eigenvalue weighted by Gasteiger charge is 2.07. The van der Waals surface area contributed by atoms with Gasteiger partial charge in [-0.15, -0.1) is 0 Å². The van der Waals surface area contributed by atoms with Crippen molar-refractivity contribution in [1.82, 2.24) is 4.98 Å². The van der Waals surface area contributed by atoms with Crippen LogP contribution in [0.25, 0.3) is 10.9 Å². The van der Waals surface area contributed by atoms with Crippen molar-refractivity contribution < 1.29 is 0 Å². The molecule has 0 aliphatic carbocycles. The zero-order chi connectivity index (χ0) is 13.9. The maximum absolute atomic E-state index is 6.11. The molecule has 0 aliphatic heterocycles. The molecule has 0 saturated heterocycles. The van der Waals surface area contributed by atoms with Crippen molar-refractivity contribution in [2.24, 2.45) is 0 Å². The number of aromatic nitrogens is 1. The Balaban J connectivity index is 1.99. The van der Waals surface area contributed by atoms with Gasteiger partial charge in [0.1, 0.15) is 0 Å². The van der Waals surface area contributed by atoms with Crippen LogP contribution in [0.2, 0.25) is 5.02 Å². The molecule has 0 amide bonds. The molecule has 3 rings (SSSR count). The molecule has 1 aromatic heterocycles. The van der Waals surface area contributed by atoms with Gasteiger partial charge in [0.2, 0.25) is 0 Å². The van der Waals surface area contributed by atoms with E-state index in [1.165, 1.54) is 5.56 Å². The Morgan fingerprint density at radius 3 is 2.65 bits per heavy atom. The highest BCUT2D eigenvalue weighted by atomic mass is 35.5. The first-order chi connectivity index (χ1) is 9.74. The molecule has 1 heterocycles. The summed E-state index contributed by atoms with van der Waals surface area (Å²) in [5, 5.41) is 1.82. The predicted octanol–water partition coefficient (Wildman–Crippen LogP) is 4.52. The Morgan fingerprint density at radius 2 is 1.85 bits per heavy atom. The lowest BCUT2D eigenvalue weighted by atomic mass is 10.1. The van der Waals surface area contributed by atoms with Crippen LogP contribution in [0.15, 0.2) is 60.8 Å². The Bertz CT molecular complexity index is 725. The topological polar surface area (TPSA) is 16.1 Å². The Hall–Kier alpha value is -2.06. The summed E-state index contributed by atoms with van der Waals surface area (Å²) in [6.45, 7) is 0.854. The van der Waals surface area contributed by atoms with Crippen molar-refractivity contribution >= 4 is 28.2 Å². The van der Waals surface area contributed by atoms with E-state index in [2.05, 4.69) is 41.2 Å². The summed E-state index contributed by atoms with van der Waals surface area (Å²) in [4.78, 5) is 6.61. The molecule has 2 nitrogen and oxygen atoms in total. The Kier molecular flexibility index (Phi) is 3.57. The van der Waals surface area contributed by atoms with Crippen LogP contribution in [-0.4, -0.2) is 12.0 Å². The number of halogens is 1. The fourth-order valence-corrected chi connectivity index (χ4v) is 2.55. The second-order valence-electron chi connectivity index (χ2n) is 4.83. The fraction of sp³-hybridized carbons (Fsp3) is 0.118. The van der Waals surface area contributed by atoms with Crippen LogP contribution in [0, 0.1) is 0 Å². The van der Waals surface area contributed by atoms with Crippen LogP contribution in [0.5, 0.6) is 0 Å². The summed E-state index contributed by atoms with van der Waals surface area (Å²) in [5.41, 5.74) is 3.38. The second-order valence-corrected chi connectivity index (χ2v) is 5.27. The monoisotopic (exact) mass is 282 g/mol. The molecule has 100 valence electrons. The van der Waals surface area contributed by atoms with Gasteiger partial charge in [-0.1, -0.05) is 41.9 Å². The molecule has 3 heteroatoms. The van der Waals surface area contributed by atoms with Gasteiger partial charge in [0.15, 0.2) is 0 Å². The van der Waals surface area contributed by atoms with Gasteiger partial charge in [0.05, 0.1) is 5.52 Å². The van der Waals surface area contributed by atoms with Crippen molar-refractivity contribution in [3.8, 4) is 0 Å². The summed E-state index contributed by atoms with van der Waals surface area (Å²) in [6, 6.07) is 18.2. The molecule has 20 heavy (non-hydrogen) atoms. The van der Waals surface area contributed by atoms with Gasteiger partial charge in [0.25, 0.3) is 0 Å². The van der Waals surface area contributed by atoms with Gasteiger partial charge in [-0.3, -0.25) is 4.98 Å². The summed E-state index contributed by atoms with van der Waals surface area (Å²) < 4.78 is 0. The van der Waals surface area contributed by atoms with Crippen molar-refractivity contribution in [1.29, 1.82) is 0 Å². The lowest BCUT2D eigenvalue weighted by Crippen LogP contribution is -2.16. The van der Waals surface area contributed by atoms with Gasteiger partial charge in [-0.2, -0.15) is 0 Å². The lowest BCUT2D eigenvalue weighted by Gasteiger charge is -2.21. The average molecular weight is 283 g/mol. The van der Waals surface area contributed by atoms with E-state index < -0.39 is 0 Å². The summed E-state index contributed by atoms with van der Waals surface area (Å²) in [6.07, 6.45) is 1.84. The third-order valence-corrected chi connectivity index (χ3v) is 3.59. The van der Waals surface area contributed by atoms with Crippen molar-refractivity contribution in [2.75, 3.05) is 11.9 Å². The minimum Gasteiger partial charge on any atom is -0.370 e. The van der Waals surface area contributed by atoms with Crippen LogP contribution in [0.3, 0.4) is 0 Å². The number of hydrogen-bond acceptors (Lipinski definition) is 2. The molecule has 0 atom stereocenters. The molecular formula is C17H15ClN2. The number of nitrogens with zero attached hydrogens (tertiary/aromatic N) is 2. The van der Waals surface area contributed by atoms with Gasteiger partial charge in [-0.25, -0.2) is 0 Å². The predicted molar refractivity (Wildman–Crippen MR) is 85.3 cm³/mol. The SMILES string of the molecule is CN(Cc1ccccc1)c1ccnc2ccc(Cl)cc12. The zero-order valence-corrected chi connectivity index (χ0v) is 12.0. The van der Waals surface area contributed by atoms with Gasteiger partial charge in [0, 0.05) is 35.9 Å². The molecule has 0 unspecified atom stereocenters. The van der Waals surface area contributed by atoms with E-state index in [4.69, 9.17) is 11.6 Å². The molecule has 0 bridgehead atoms. The van der Waals surface area contributed by atoms with Crippen LogP contribution in [0.4, 0.5) is 5.69 Å².